The number of carbonyl (C=O) groups is 1. The topological polar surface area (TPSA) is 46.5 Å². The average Bonchev–Trinajstić information content (AvgIpc) is 2.49. The lowest BCUT2D eigenvalue weighted by Gasteiger charge is -2.04. The van der Waals surface area contributed by atoms with E-state index in [0.717, 1.165) is 25.7 Å². The number of aromatic hydroxyl groups is 1. The molecule has 0 fully saturated rings. The minimum Gasteiger partial charge on any atom is -0.508 e. The van der Waals surface area contributed by atoms with Gasteiger partial charge < -0.3 is 9.84 Å². The zero-order valence-electron chi connectivity index (χ0n) is 12.9. The first-order chi connectivity index (χ1) is 10.2. The van der Waals surface area contributed by atoms with Crippen molar-refractivity contribution in [3.63, 3.8) is 0 Å². The molecular formula is C18H26O3. The summed E-state index contributed by atoms with van der Waals surface area (Å²) >= 11 is 0. The molecule has 0 unspecified atom stereocenters. The van der Waals surface area contributed by atoms with Crippen LogP contribution in [0.3, 0.4) is 0 Å². The Morgan fingerprint density at radius 2 is 1.71 bits per heavy atom. The zero-order chi connectivity index (χ0) is 15.3. The predicted molar refractivity (Wildman–Crippen MR) is 85.5 cm³/mol. The van der Waals surface area contributed by atoms with Gasteiger partial charge in [-0.1, -0.05) is 31.9 Å². The first-order valence-electron chi connectivity index (χ1n) is 7.85. The van der Waals surface area contributed by atoms with Gasteiger partial charge >= 0.3 is 5.97 Å². The van der Waals surface area contributed by atoms with E-state index >= 15 is 0 Å². The lowest BCUT2D eigenvalue weighted by atomic mass is 10.1. The van der Waals surface area contributed by atoms with Crippen LogP contribution in [0.25, 0.3) is 0 Å². The van der Waals surface area contributed by atoms with Crippen LogP contribution in [-0.2, 0) is 4.74 Å². The maximum atomic E-state index is 11.7. The highest BCUT2D eigenvalue weighted by Crippen LogP contribution is 2.11. The number of carbonyl (C=O) groups excluding carboxylic acids is 1. The summed E-state index contributed by atoms with van der Waals surface area (Å²) in [6, 6.07) is 6.11. The average molecular weight is 290 g/mol. The van der Waals surface area contributed by atoms with Gasteiger partial charge in [-0.05, 0) is 56.4 Å². The Morgan fingerprint density at radius 3 is 2.38 bits per heavy atom. The summed E-state index contributed by atoms with van der Waals surface area (Å²) in [4.78, 5) is 11.7. The second-order valence-corrected chi connectivity index (χ2v) is 5.15. The zero-order valence-corrected chi connectivity index (χ0v) is 12.9. The number of unbranched alkanes of at least 4 members (excludes halogenated alkanes) is 5. The normalized spacial score (nSPS) is 10.9. The van der Waals surface area contributed by atoms with E-state index in [1.165, 1.54) is 31.4 Å². The molecule has 0 spiro atoms. The second kappa shape index (κ2) is 11.0. The molecule has 0 radical (unpaired) electrons. The van der Waals surface area contributed by atoms with E-state index in [2.05, 4.69) is 19.1 Å². The van der Waals surface area contributed by atoms with E-state index in [0.29, 0.717) is 12.2 Å². The summed E-state index contributed by atoms with van der Waals surface area (Å²) in [6.45, 7) is 2.66. The lowest BCUT2D eigenvalue weighted by molar-refractivity contribution is 0.0498. The maximum absolute atomic E-state index is 11.7. The van der Waals surface area contributed by atoms with Crippen LogP contribution in [0, 0.1) is 0 Å². The maximum Gasteiger partial charge on any atom is 0.338 e. The predicted octanol–water partition coefficient (Wildman–Crippen LogP) is 4.86. The van der Waals surface area contributed by atoms with Crippen molar-refractivity contribution in [2.24, 2.45) is 0 Å². The van der Waals surface area contributed by atoms with E-state index in [-0.39, 0.29) is 11.7 Å². The summed E-state index contributed by atoms with van der Waals surface area (Å²) < 4.78 is 5.19. The van der Waals surface area contributed by atoms with Crippen molar-refractivity contribution in [2.45, 2.75) is 51.9 Å². The molecule has 0 amide bonds. The number of hydrogen-bond acceptors (Lipinski definition) is 3. The Kier molecular flexibility index (Phi) is 9.01. The SMILES string of the molecule is CCCC/C=C/CCCCCOC(=O)c1ccc(O)cc1. The van der Waals surface area contributed by atoms with Crippen LogP contribution in [0.2, 0.25) is 0 Å². The third-order valence-corrected chi connectivity index (χ3v) is 3.24. The van der Waals surface area contributed by atoms with Gasteiger partial charge in [0.1, 0.15) is 5.75 Å². The third kappa shape index (κ3) is 8.18. The van der Waals surface area contributed by atoms with Gasteiger partial charge in [-0.2, -0.15) is 0 Å². The van der Waals surface area contributed by atoms with Gasteiger partial charge in [-0.25, -0.2) is 4.79 Å². The number of benzene rings is 1. The van der Waals surface area contributed by atoms with Gasteiger partial charge in [0.15, 0.2) is 0 Å². The largest absolute Gasteiger partial charge is 0.508 e. The van der Waals surface area contributed by atoms with Crippen molar-refractivity contribution in [3.8, 4) is 5.75 Å². The van der Waals surface area contributed by atoms with Crippen molar-refractivity contribution < 1.29 is 14.6 Å². The van der Waals surface area contributed by atoms with Crippen LogP contribution in [0.4, 0.5) is 0 Å². The van der Waals surface area contributed by atoms with Crippen LogP contribution in [0.1, 0.15) is 62.2 Å². The number of phenolic OH excluding ortho intramolecular Hbond substituents is 1. The Bertz CT molecular complexity index is 421. The third-order valence-electron chi connectivity index (χ3n) is 3.24. The van der Waals surface area contributed by atoms with Gasteiger partial charge in [-0.3, -0.25) is 0 Å². The molecule has 0 atom stereocenters. The molecule has 0 aliphatic carbocycles. The summed E-state index contributed by atoms with van der Waals surface area (Å²) in [6.07, 6.45) is 12.4. The summed E-state index contributed by atoms with van der Waals surface area (Å²) in [5.74, 6) is -0.173. The van der Waals surface area contributed by atoms with Crippen LogP contribution in [0.5, 0.6) is 5.75 Å². The summed E-state index contributed by atoms with van der Waals surface area (Å²) in [7, 11) is 0. The van der Waals surface area contributed by atoms with Gasteiger partial charge in [0.05, 0.1) is 12.2 Å². The number of phenols is 1. The van der Waals surface area contributed by atoms with E-state index in [1.807, 2.05) is 0 Å². The summed E-state index contributed by atoms with van der Waals surface area (Å²) in [5, 5.41) is 9.15. The standard InChI is InChI=1S/C18H26O3/c1-2-3-4-5-6-7-8-9-10-15-21-18(20)16-11-13-17(19)14-12-16/h5-6,11-14,19H,2-4,7-10,15H2,1H3/b6-5+. The molecule has 0 aromatic heterocycles. The van der Waals surface area contributed by atoms with Crippen molar-refractivity contribution in [2.75, 3.05) is 6.61 Å². The van der Waals surface area contributed by atoms with Crippen LogP contribution >= 0.6 is 0 Å². The molecule has 0 saturated heterocycles. The van der Waals surface area contributed by atoms with Crippen LogP contribution in [0.15, 0.2) is 36.4 Å². The molecule has 0 aliphatic heterocycles. The minimum atomic E-state index is -0.325. The highest BCUT2D eigenvalue weighted by atomic mass is 16.5. The molecule has 0 heterocycles. The monoisotopic (exact) mass is 290 g/mol. The Balaban J connectivity index is 2.02. The molecule has 3 nitrogen and oxygen atoms in total. The molecule has 1 aromatic rings. The molecule has 1 aromatic carbocycles. The number of hydrogen-bond donors (Lipinski definition) is 1. The van der Waals surface area contributed by atoms with Gasteiger partial charge in [0.25, 0.3) is 0 Å². The number of allylic oxidation sites excluding steroid dienone is 2. The highest BCUT2D eigenvalue weighted by Gasteiger charge is 2.05. The fraction of sp³-hybridized carbons (Fsp3) is 0.500. The Hall–Kier alpha value is -1.77. The number of rotatable bonds is 10. The molecule has 116 valence electrons. The molecule has 0 bridgehead atoms. The fourth-order valence-electron chi connectivity index (χ4n) is 1.94. The Morgan fingerprint density at radius 1 is 1.05 bits per heavy atom. The highest BCUT2D eigenvalue weighted by molar-refractivity contribution is 5.89. The molecule has 0 aliphatic rings. The van der Waals surface area contributed by atoms with Gasteiger partial charge in [0.2, 0.25) is 0 Å². The van der Waals surface area contributed by atoms with Gasteiger partial charge in [-0.15, -0.1) is 0 Å². The molecule has 1 rings (SSSR count). The minimum absolute atomic E-state index is 0.151. The molecule has 1 N–H and O–H groups in total. The Labute approximate surface area is 127 Å². The second-order valence-electron chi connectivity index (χ2n) is 5.15. The first-order valence-corrected chi connectivity index (χ1v) is 7.85. The fourth-order valence-corrected chi connectivity index (χ4v) is 1.94. The number of ether oxygens (including phenoxy) is 1. The number of esters is 1. The first kappa shape index (κ1) is 17.3. The van der Waals surface area contributed by atoms with Crippen molar-refractivity contribution in [1.82, 2.24) is 0 Å². The van der Waals surface area contributed by atoms with E-state index in [1.54, 1.807) is 12.1 Å². The quantitative estimate of drug-likeness (QED) is 0.380. The molecule has 21 heavy (non-hydrogen) atoms. The van der Waals surface area contributed by atoms with Gasteiger partial charge in [0, 0.05) is 0 Å². The molecule has 3 heteroatoms. The molecule has 0 saturated carbocycles. The van der Waals surface area contributed by atoms with Crippen LogP contribution < -0.4 is 0 Å². The van der Waals surface area contributed by atoms with E-state index in [9.17, 15) is 4.79 Å². The summed E-state index contributed by atoms with van der Waals surface area (Å²) in [5.41, 5.74) is 0.478. The lowest BCUT2D eigenvalue weighted by Crippen LogP contribution is -2.06. The van der Waals surface area contributed by atoms with Crippen LogP contribution in [-0.4, -0.2) is 17.7 Å². The van der Waals surface area contributed by atoms with Crippen molar-refractivity contribution in [1.29, 1.82) is 0 Å². The molecular weight excluding hydrogens is 264 g/mol. The smallest absolute Gasteiger partial charge is 0.338 e. The van der Waals surface area contributed by atoms with E-state index < -0.39 is 0 Å². The van der Waals surface area contributed by atoms with Crippen molar-refractivity contribution in [3.05, 3.63) is 42.0 Å². The van der Waals surface area contributed by atoms with E-state index in [4.69, 9.17) is 9.84 Å². The van der Waals surface area contributed by atoms with Crippen molar-refractivity contribution >= 4 is 5.97 Å².